The molecule has 0 bridgehead atoms. The molecular weight excluding hydrogens is 336 g/mol. The van der Waals surface area contributed by atoms with E-state index in [1.165, 1.54) is 0 Å². The number of carbonyl (C=O) groups excluding carboxylic acids is 2. The lowest BCUT2D eigenvalue weighted by Crippen LogP contribution is -2.47. The Morgan fingerprint density at radius 3 is 2.42 bits per heavy atom. The fourth-order valence-electron chi connectivity index (χ4n) is 2.08. The molecule has 0 aromatic heterocycles. The monoisotopic (exact) mass is 366 g/mol. The lowest BCUT2D eigenvalue weighted by molar-refractivity contribution is -0.121. The zero-order valence-electron chi connectivity index (χ0n) is 15.3. The molecule has 146 valence electrons. The van der Waals surface area contributed by atoms with E-state index < -0.39 is 6.04 Å². The molecule has 0 fully saturated rings. The van der Waals surface area contributed by atoms with Crippen molar-refractivity contribution < 1.29 is 19.1 Å². The highest BCUT2D eigenvalue weighted by atomic mass is 16.5. The van der Waals surface area contributed by atoms with Crippen LogP contribution in [-0.4, -0.2) is 71.3 Å². The van der Waals surface area contributed by atoms with Crippen LogP contribution in [0.1, 0.15) is 5.56 Å². The number of rotatable bonds is 16. The third-order valence-corrected chi connectivity index (χ3v) is 3.44. The molecule has 0 aliphatic rings. The maximum absolute atomic E-state index is 11.7. The molecule has 0 heterocycles. The van der Waals surface area contributed by atoms with Gasteiger partial charge in [0.05, 0.1) is 39.0 Å². The van der Waals surface area contributed by atoms with Crippen molar-refractivity contribution in [1.82, 2.24) is 21.5 Å². The summed E-state index contributed by atoms with van der Waals surface area (Å²) >= 11 is 0. The average Bonchev–Trinajstić information content (AvgIpc) is 2.66. The van der Waals surface area contributed by atoms with Crippen molar-refractivity contribution in [2.45, 2.75) is 12.5 Å². The second-order valence-corrected chi connectivity index (χ2v) is 5.61. The fraction of sp³-hybridized carbons (Fsp3) is 0.556. The molecule has 0 radical (unpaired) electrons. The average molecular weight is 366 g/mol. The largest absolute Gasteiger partial charge is 0.378 e. The van der Waals surface area contributed by atoms with E-state index in [1.807, 2.05) is 37.4 Å². The topological polar surface area (TPSA) is 101 Å². The highest BCUT2D eigenvalue weighted by Gasteiger charge is 2.08. The van der Waals surface area contributed by atoms with Gasteiger partial charge in [0.1, 0.15) is 6.29 Å². The molecule has 8 heteroatoms. The van der Waals surface area contributed by atoms with Gasteiger partial charge >= 0.3 is 0 Å². The molecule has 0 aliphatic carbocycles. The first kappa shape index (κ1) is 22.2. The number of nitrogens with one attached hydrogen (secondary N) is 4. The van der Waals surface area contributed by atoms with Crippen LogP contribution in [0.15, 0.2) is 30.3 Å². The van der Waals surface area contributed by atoms with Crippen LogP contribution >= 0.6 is 0 Å². The van der Waals surface area contributed by atoms with Crippen molar-refractivity contribution in [2.24, 2.45) is 0 Å². The van der Waals surface area contributed by atoms with Gasteiger partial charge in [0.25, 0.3) is 0 Å². The highest BCUT2D eigenvalue weighted by molar-refractivity contribution is 5.77. The zero-order valence-corrected chi connectivity index (χ0v) is 15.3. The molecule has 1 aromatic carbocycles. The van der Waals surface area contributed by atoms with Crippen LogP contribution in [0.3, 0.4) is 0 Å². The van der Waals surface area contributed by atoms with Gasteiger partial charge in [0.2, 0.25) is 5.91 Å². The first-order valence-electron chi connectivity index (χ1n) is 8.80. The molecule has 4 N–H and O–H groups in total. The van der Waals surface area contributed by atoms with Crippen LogP contribution in [0.5, 0.6) is 0 Å². The number of benzene rings is 1. The number of hydrogen-bond acceptors (Lipinski definition) is 7. The van der Waals surface area contributed by atoms with Crippen LogP contribution in [0.4, 0.5) is 0 Å². The minimum absolute atomic E-state index is 0.0757. The number of amides is 1. The normalized spacial score (nSPS) is 11.9. The van der Waals surface area contributed by atoms with Crippen molar-refractivity contribution in [1.29, 1.82) is 0 Å². The van der Waals surface area contributed by atoms with Gasteiger partial charge in [0.15, 0.2) is 0 Å². The Morgan fingerprint density at radius 1 is 1.08 bits per heavy atom. The molecule has 1 aromatic rings. The second kappa shape index (κ2) is 15.4. The second-order valence-electron chi connectivity index (χ2n) is 5.61. The lowest BCUT2D eigenvalue weighted by Gasteiger charge is -2.14. The van der Waals surface area contributed by atoms with E-state index in [4.69, 9.17) is 9.47 Å². The summed E-state index contributed by atoms with van der Waals surface area (Å²) in [6.45, 7) is 3.44. The van der Waals surface area contributed by atoms with Crippen molar-refractivity contribution >= 4 is 12.2 Å². The van der Waals surface area contributed by atoms with E-state index in [2.05, 4.69) is 21.5 Å². The Hall–Kier alpha value is -1.84. The number of hydrogen-bond donors (Lipinski definition) is 4. The molecule has 1 amide bonds. The highest BCUT2D eigenvalue weighted by Crippen LogP contribution is 2.01. The van der Waals surface area contributed by atoms with E-state index in [0.29, 0.717) is 39.4 Å². The summed E-state index contributed by atoms with van der Waals surface area (Å²) in [6.07, 6.45) is 1.38. The molecule has 0 unspecified atom stereocenters. The maximum Gasteiger partial charge on any atom is 0.235 e. The zero-order chi connectivity index (χ0) is 18.9. The lowest BCUT2D eigenvalue weighted by atomic mass is 10.1. The van der Waals surface area contributed by atoms with Crippen molar-refractivity contribution in [3.8, 4) is 0 Å². The number of aldehydes is 1. The summed E-state index contributed by atoms with van der Waals surface area (Å²) in [6, 6.07) is 9.30. The number of carbonyl (C=O) groups is 2. The van der Waals surface area contributed by atoms with Crippen molar-refractivity contribution in [2.75, 3.05) is 53.1 Å². The quantitative estimate of drug-likeness (QED) is 0.174. The standard InChI is InChI=1S/C18H30N4O4/c1-19-7-9-25-11-12-26-10-8-20-18(24)14-21-22-17(15-23)13-16-5-3-2-4-6-16/h2-6,15,17,19,21-22H,7-14H2,1H3,(H,20,24)/t17-/m0/s1. The summed E-state index contributed by atoms with van der Waals surface area (Å²) in [5.74, 6) is -0.171. The smallest absolute Gasteiger partial charge is 0.235 e. The van der Waals surface area contributed by atoms with Crippen molar-refractivity contribution in [3.05, 3.63) is 35.9 Å². The van der Waals surface area contributed by atoms with Gasteiger partial charge in [-0.1, -0.05) is 30.3 Å². The first-order chi connectivity index (χ1) is 12.8. The molecule has 26 heavy (non-hydrogen) atoms. The van der Waals surface area contributed by atoms with Crippen LogP contribution in [0.25, 0.3) is 0 Å². The molecule has 0 saturated carbocycles. The first-order valence-corrected chi connectivity index (χ1v) is 8.80. The maximum atomic E-state index is 11.7. The fourth-order valence-corrected chi connectivity index (χ4v) is 2.08. The third kappa shape index (κ3) is 11.7. The van der Waals surface area contributed by atoms with Gasteiger partial charge in [-0.3, -0.25) is 4.79 Å². The van der Waals surface area contributed by atoms with Crippen LogP contribution in [0, 0.1) is 0 Å². The Labute approximate surface area is 155 Å². The Balaban J connectivity index is 1.99. The van der Waals surface area contributed by atoms with Crippen LogP contribution in [0.2, 0.25) is 0 Å². The predicted octanol–water partition coefficient (Wildman–Crippen LogP) is -0.740. The minimum Gasteiger partial charge on any atom is -0.378 e. The van der Waals surface area contributed by atoms with E-state index in [-0.39, 0.29) is 12.5 Å². The third-order valence-electron chi connectivity index (χ3n) is 3.44. The number of likely N-dealkylation sites (N-methyl/N-ethyl adjacent to an activating group) is 1. The molecule has 8 nitrogen and oxygen atoms in total. The van der Waals surface area contributed by atoms with E-state index in [1.54, 1.807) is 0 Å². The van der Waals surface area contributed by atoms with Crippen LogP contribution in [-0.2, 0) is 25.5 Å². The Morgan fingerprint density at radius 2 is 1.77 bits per heavy atom. The summed E-state index contributed by atoms with van der Waals surface area (Å²) in [5.41, 5.74) is 6.68. The summed E-state index contributed by atoms with van der Waals surface area (Å²) in [5, 5.41) is 5.72. The van der Waals surface area contributed by atoms with Crippen molar-refractivity contribution in [3.63, 3.8) is 0 Å². The number of ether oxygens (including phenoxy) is 2. The van der Waals surface area contributed by atoms with Crippen LogP contribution < -0.4 is 21.5 Å². The Bertz CT molecular complexity index is 487. The van der Waals surface area contributed by atoms with E-state index >= 15 is 0 Å². The molecule has 0 saturated heterocycles. The van der Waals surface area contributed by atoms with Gasteiger partial charge in [0, 0.05) is 13.1 Å². The van der Waals surface area contributed by atoms with E-state index in [9.17, 15) is 9.59 Å². The summed E-state index contributed by atoms with van der Waals surface area (Å²) in [7, 11) is 1.87. The summed E-state index contributed by atoms with van der Waals surface area (Å²) < 4.78 is 10.7. The number of hydrazine groups is 1. The SMILES string of the molecule is CNCCOCCOCCNC(=O)CNN[C@H](C=O)Cc1ccccc1. The summed E-state index contributed by atoms with van der Waals surface area (Å²) in [4.78, 5) is 22.8. The van der Waals surface area contributed by atoms with Gasteiger partial charge in [-0.05, 0) is 19.0 Å². The van der Waals surface area contributed by atoms with Gasteiger partial charge < -0.3 is 24.9 Å². The molecule has 0 aliphatic heterocycles. The minimum atomic E-state index is -0.392. The molecule has 1 atom stereocenters. The van der Waals surface area contributed by atoms with Gasteiger partial charge in [-0.2, -0.15) is 0 Å². The van der Waals surface area contributed by atoms with Gasteiger partial charge in [-0.15, -0.1) is 0 Å². The Kier molecular flexibility index (Phi) is 13.2. The van der Waals surface area contributed by atoms with Gasteiger partial charge in [-0.25, -0.2) is 10.9 Å². The molecular formula is C18H30N4O4. The predicted molar refractivity (Wildman–Crippen MR) is 99.7 cm³/mol. The molecule has 0 spiro atoms. The van der Waals surface area contributed by atoms with E-state index in [0.717, 1.165) is 18.4 Å². The molecule has 1 rings (SSSR count).